The summed E-state index contributed by atoms with van der Waals surface area (Å²) < 4.78 is 0. The molecule has 0 bridgehead atoms. The van der Waals surface area contributed by atoms with E-state index in [2.05, 4.69) is 16.0 Å². The lowest BCUT2D eigenvalue weighted by Crippen LogP contribution is -2.55. The van der Waals surface area contributed by atoms with Crippen LogP contribution in [0.1, 0.15) is 59.3 Å². The van der Waals surface area contributed by atoms with Gasteiger partial charge in [-0.05, 0) is 46.0 Å². The van der Waals surface area contributed by atoms with Crippen molar-refractivity contribution in [3.05, 3.63) is 0 Å². The monoisotopic (exact) mass is 423 g/mol. The van der Waals surface area contributed by atoms with Crippen LogP contribution in [0.5, 0.6) is 0 Å². The zero-order valence-corrected chi connectivity index (χ0v) is 18.0. The first kappa shape index (κ1) is 23.6. The number of likely N-dealkylation sites (tertiary alicyclic amines) is 1. The molecule has 1 unspecified atom stereocenters. The number of carbonyl (C=O) groups excluding carboxylic acids is 5. The molecule has 5 N–H and O–H groups in total. The average molecular weight is 424 g/mol. The number of nitrogens with zero attached hydrogens (tertiary/aromatic N) is 1. The summed E-state index contributed by atoms with van der Waals surface area (Å²) in [4.78, 5) is 62.1. The highest BCUT2D eigenvalue weighted by molar-refractivity contribution is 6.37. The van der Waals surface area contributed by atoms with Gasteiger partial charge in [0, 0.05) is 12.1 Å². The van der Waals surface area contributed by atoms with E-state index in [1.165, 1.54) is 4.90 Å². The van der Waals surface area contributed by atoms with Crippen molar-refractivity contribution in [1.82, 2.24) is 20.9 Å². The van der Waals surface area contributed by atoms with Gasteiger partial charge in [0.15, 0.2) is 0 Å². The minimum Gasteiger partial charge on any atom is -0.363 e. The molecule has 1 saturated heterocycles. The topological polar surface area (TPSA) is 151 Å². The number of urea groups is 1. The highest BCUT2D eigenvalue weighted by Gasteiger charge is 2.37. The molecule has 2 fully saturated rings. The van der Waals surface area contributed by atoms with Crippen molar-refractivity contribution in [2.45, 2.75) is 76.9 Å². The van der Waals surface area contributed by atoms with E-state index in [0.717, 1.165) is 19.3 Å². The highest BCUT2D eigenvalue weighted by atomic mass is 16.2. The molecule has 2 atom stereocenters. The van der Waals surface area contributed by atoms with Crippen LogP contribution in [0.25, 0.3) is 0 Å². The Balaban J connectivity index is 1.94. The number of hydrogen-bond acceptors (Lipinski definition) is 5. The number of Topliss-reactive ketones (excluding diaryl/α,β-unsaturated/α-hetero) is 1. The van der Waals surface area contributed by atoms with Gasteiger partial charge in [-0.15, -0.1) is 0 Å². The molecule has 30 heavy (non-hydrogen) atoms. The summed E-state index contributed by atoms with van der Waals surface area (Å²) in [5.41, 5.74) is 4.70. The van der Waals surface area contributed by atoms with E-state index >= 15 is 0 Å². The van der Waals surface area contributed by atoms with Crippen LogP contribution >= 0.6 is 0 Å². The number of carbonyl (C=O) groups is 5. The Hall–Kier alpha value is -2.65. The SMILES string of the molecule is CC(C)(C)NC(=O)NCC(=O)N1CCC[C@H]1C(=O)NC(CC1CCC1)C(=O)C(N)=O. The molecular formula is C20H33N5O5. The van der Waals surface area contributed by atoms with Gasteiger partial charge < -0.3 is 26.6 Å². The molecule has 0 radical (unpaired) electrons. The fraction of sp³-hybridized carbons (Fsp3) is 0.750. The fourth-order valence-electron chi connectivity index (χ4n) is 3.71. The van der Waals surface area contributed by atoms with E-state index in [9.17, 15) is 24.0 Å². The minimum absolute atomic E-state index is 0.239. The van der Waals surface area contributed by atoms with Gasteiger partial charge in [0.2, 0.25) is 17.6 Å². The van der Waals surface area contributed by atoms with E-state index in [1.807, 2.05) is 20.8 Å². The smallest absolute Gasteiger partial charge is 0.315 e. The van der Waals surface area contributed by atoms with E-state index in [1.54, 1.807) is 0 Å². The number of nitrogens with two attached hydrogens (primary N) is 1. The maximum absolute atomic E-state index is 12.8. The maximum atomic E-state index is 12.8. The predicted octanol–water partition coefficient (Wildman–Crippen LogP) is -0.195. The van der Waals surface area contributed by atoms with Crippen LogP contribution in [-0.4, -0.2) is 65.1 Å². The van der Waals surface area contributed by atoms with Gasteiger partial charge in [-0.1, -0.05) is 19.3 Å². The summed E-state index contributed by atoms with van der Waals surface area (Å²) in [6.07, 6.45) is 4.44. The Morgan fingerprint density at radius 1 is 1.07 bits per heavy atom. The third-order valence-electron chi connectivity index (χ3n) is 5.43. The molecule has 0 aromatic carbocycles. The van der Waals surface area contributed by atoms with Crippen molar-refractivity contribution in [3.63, 3.8) is 0 Å². The zero-order valence-electron chi connectivity index (χ0n) is 18.0. The molecule has 1 saturated carbocycles. The van der Waals surface area contributed by atoms with E-state index in [0.29, 0.717) is 25.8 Å². The van der Waals surface area contributed by atoms with Crippen molar-refractivity contribution in [2.75, 3.05) is 13.1 Å². The van der Waals surface area contributed by atoms with Crippen LogP contribution in [0.4, 0.5) is 4.79 Å². The molecule has 1 heterocycles. The van der Waals surface area contributed by atoms with E-state index in [-0.39, 0.29) is 18.4 Å². The second kappa shape index (κ2) is 9.90. The highest BCUT2D eigenvalue weighted by Crippen LogP contribution is 2.30. The first-order chi connectivity index (χ1) is 14.0. The van der Waals surface area contributed by atoms with Crippen molar-refractivity contribution in [2.24, 2.45) is 11.7 Å². The molecule has 1 aliphatic carbocycles. The predicted molar refractivity (Wildman–Crippen MR) is 109 cm³/mol. The summed E-state index contributed by atoms with van der Waals surface area (Å²) in [7, 11) is 0. The molecule has 10 nitrogen and oxygen atoms in total. The van der Waals surface area contributed by atoms with Gasteiger partial charge in [0.05, 0.1) is 12.6 Å². The number of amides is 5. The van der Waals surface area contributed by atoms with Gasteiger partial charge in [-0.25, -0.2) is 4.79 Å². The summed E-state index contributed by atoms with van der Waals surface area (Å²) in [6, 6.07) is -2.17. The summed E-state index contributed by atoms with van der Waals surface area (Å²) >= 11 is 0. The van der Waals surface area contributed by atoms with Gasteiger partial charge >= 0.3 is 6.03 Å². The molecule has 0 aromatic heterocycles. The van der Waals surface area contributed by atoms with Crippen LogP contribution in [0.15, 0.2) is 0 Å². The third-order valence-corrected chi connectivity index (χ3v) is 5.43. The second-order valence-corrected chi connectivity index (χ2v) is 9.13. The maximum Gasteiger partial charge on any atom is 0.315 e. The van der Waals surface area contributed by atoms with Gasteiger partial charge in [0.1, 0.15) is 6.04 Å². The Kier molecular flexibility index (Phi) is 7.80. The van der Waals surface area contributed by atoms with Crippen molar-refractivity contribution < 1.29 is 24.0 Å². The van der Waals surface area contributed by atoms with Gasteiger partial charge in [-0.3, -0.25) is 19.2 Å². The third kappa shape index (κ3) is 6.70. The Morgan fingerprint density at radius 2 is 1.73 bits per heavy atom. The quantitative estimate of drug-likeness (QED) is 0.399. The number of nitrogens with one attached hydrogen (secondary N) is 3. The average Bonchev–Trinajstić information content (AvgIpc) is 3.09. The molecule has 1 aliphatic heterocycles. The molecular weight excluding hydrogens is 390 g/mol. The van der Waals surface area contributed by atoms with Crippen LogP contribution in [0.2, 0.25) is 0 Å². The van der Waals surface area contributed by atoms with E-state index in [4.69, 9.17) is 5.73 Å². The summed E-state index contributed by atoms with van der Waals surface area (Å²) in [5, 5.41) is 7.84. The Morgan fingerprint density at radius 3 is 2.27 bits per heavy atom. The molecule has 2 aliphatic rings. The number of primary amides is 1. The first-order valence-corrected chi connectivity index (χ1v) is 10.5. The zero-order chi connectivity index (χ0) is 22.5. The first-order valence-electron chi connectivity index (χ1n) is 10.5. The van der Waals surface area contributed by atoms with Crippen molar-refractivity contribution in [3.8, 4) is 0 Å². The molecule has 10 heteroatoms. The lowest BCUT2D eigenvalue weighted by atomic mass is 9.80. The number of ketones is 1. The van der Waals surface area contributed by atoms with Crippen LogP contribution in [-0.2, 0) is 19.2 Å². The molecule has 5 amide bonds. The second-order valence-electron chi connectivity index (χ2n) is 9.13. The van der Waals surface area contributed by atoms with Gasteiger partial charge in [-0.2, -0.15) is 0 Å². The Labute approximate surface area is 176 Å². The van der Waals surface area contributed by atoms with E-state index < -0.39 is 41.3 Å². The number of hydrogen-bond donors (Lipinski definition) is 4. The number of rotatable bonds is 8. The molecule has 0 aromatic rings. The normalized spacial score (nSPS) is 20.1. The minimum atomic E-state index is -1.08. The van der Waals surface area contributed by atoms with Crippen molar-refractivity contribution >= 4 is 29.5 Å². The van der Waals surface area contributed by atoms with Gasteiger partial charge in [0.25, 0.3) is 5.91 Å². The molecule has 2 rings (SSSR count). The summed E-state index contributed by atoms with van der Waals surface area (Å²) in [5.74, 6) is -2.46. The molecule has 168 valence electrons. The Bertz CT molecular complexity index is 698. The molecule has 0 spiro atoms. The van der Waals surface area contributed by atoms with Crippen molar-refractivity contribution in [1.29, 1.82) is 0 Å². The largest absolute Gasteiger partial charge is 0.363 e. The lowest BCUT2D eigenvalue weighted by molar-refractivity contribution is -0.141. The van der Waals surface area contributed by atoms with Crippen LogP contribution in [0, 0.1) is 5.92 Å². The van der Waals surface area contributed by atoms with Crippen LogP contribution < -0.4 is 21.7 Å². The van der Waals surface area contributed by atoms with Crippen LogP contribution in [0.3, 0.4) is 0 Å². The standard InChI is InChI=1S/C20H33N5O5/c1-20(2,3)24-19(30)22-11-15(26)25-9-5-8-14(25)18(29)23-13(16(27)17(21)28)10-12-6-4-7-12/h12-14H,4-11H2,1-3H3,(H2,21,28)(H,23,29)(H2,22,24,30)/t13?,14-/m0/s1. The summed E-state index contributed by atoms with van der Waals surface area (Å²) in [6.45, 7) is 5.61. The lowest BCUT2D eigenvalue weighted by Gasteiger charge is -2.30. The fourth-order valence-corrected chi connectivity index (χ4v) is 3.71.